The molecule has 0 saturated carbocycles. The van der Waals surface area contributed by atoms with Crippen molar-refractivity contribution < 1.29 is 24.2 Å². The number of benzene rings is 3. The molecule has 1 unspecified atom stereocenters. The van der Waals surface area contributed by atoms with Gasteiger partial charge >= 0.3 is 11.9 Å². The molecule has 8 heteroatoms. The van der Waals surface area contributed by atoms with Crippen LogP contribution >= 0.6 is 11.3 Å². The van der Waals surface area contributed by atoms with Gasteiger partial charge < -0.3 is 19.9 Å². The second-order valence-electron chi connectivity index (χ2n) is 8.36. The van der Waals surface area contributed by atoms with Gasteiger partial charge in [0.05, 0.1) is 30.9 Å². The number of carboxylic acid groups (broad SMARTS) is 1. The number of esters is 1. The Labute approximate surface area is 219 Å². The third kappa shape index (κ3) is 6.54. The van der Waals surface area contributed by atoms with E-state index in [4.69, 9.17) is 14.5 Å². The van der Waals surface area contributed by atoms with Gasteiger partial charge in [-0.2, -0.15) is 0 Å². The highest BCUT2D eigenvalue weighted by atomic mass is 32.1. The van der Waals surface area contributed by atoms with Gasteiger partial charge in [-0.15, -0.1) is 11.3 Å². The molecule has 1 heterocycles. The molecular formula is C29H28N2O5S. The van der Waals surface area contributed by atoms with Crippen LogP contribution in [0.15, 0.2) is 78.9 Å². The van der Waals surface area contributed by atoms with E-state index in [0.717, 1.165) is 16.3 Å². The van der Waals surface area contributed by atoms with Crippen LogP contribution < -0.4 is 10.1 Å². The zero-order valence-electron chi connectivity index (χ0n) is 20.6. The van der Waals surface area contributed by atoms with Crippen molar-refractivity contribution in [3.63, 3.8) is 0 Å². The minimum atomic E-state index is -0.968. The molecule has 4 rings (SSSR count). The Hall–Kier alpha value is -4.17. The van der Waals surface area contributed by atoms with Crippen molar-refractivity contribution in [2.75, 3.05) is 25.6 Å². The van der Waals surface area contributed by atoms with Gasteiger partial charge in [0.2, 0.25) is 0 Å². The summed E-state index contributed by atoms with van der Waals surface area (Å²) in [5.74, 6) is -1.60. The number of carboxylic acids is 1. The number of anilines is 1. The van der Waals surface area contributed by atoms with Crippen molar-refractivity contribution >= 4 is 29.0 Å². The van der Waals surface area contributed by atoms with E-state index in [0.29, 0.717) is 35.6 Å². The van der Waals surface area contributed by atoms with Crippen LogP contribution in [0.5, 0.6) is 5.75 Å². The maximum Gasteiger partial charge on any atom is 0.339 e. The summed E-state index contributed by atoms with van der Waals surface area (Å²) in [5, 5.41) is 13.9. The molecule has 0 saturated heterocycles. The zero-order valence-corrected chi connectivity index (χ0v) is 21.5. The van der Waals surface area contributed by atoms with Crippen molar-refractivity contribution in [3.05, 3.63) is 101 Å². The third-order valence-corrected chi connectivity index (χ3v) is 6.99. The second kappa shape index (κ2) is 12.2. The molecule has 1 aromatic heterocycles. The van der Waals surface area contributed by atoms with Crippen molar-refractivity contribution in [3.8, 4) is 16.3 Å². The predicted molar refractivity (Wildman–Crippen MR) is 145 cm³/mol. The van der Waals surface area contributed by atoms with E-state index in [1.165, 1.54) is 12.0 Å². The van der Waals surface area contributed by atoms with E-state index in [1.807, 2.05) is 18.2 Å². The van der Waals surface area contributed by atoms with E-state index in [2.05, 4.69) is 24.4 Å². The highest BCUT2D eigenvalue weighted by Crippen LogP contribution is 2.28. The number of hydrogen-bond donors (Lipinski definition) is 2. The number of carbonyl (C=O) groups is 2. The van der Waals surface area contributed by atoms with Crippen LogP contribution in [0.2, 0.25) is 0 Å². The molecular weight excluding hydrogens is 488 g/mol. The molecule has 0 radical (unpaired) electrons. The summed E-state index contributed by atoms with van der Waals surface area (Å²) >= 11 is 1.67. The number of rotatable bonds is 11. The molecule has 0 amide bonds. The molecule has 3 aromatic carbocycles. The molecule has 0 aliphatic heterocycles. The maximum absolute atomic E-state index is 12.0. The number of thiazole rings is 1. The molecule has 0 aliphatic carbocycles. The average molecular weight is 517 g/mol. The summed E-state index contributed by atoms with van der Waals surface area (Å²) in [6.45, 7) is 2.64. The first-order chi connectivity index (χ1) is 18.0. The first kappa shape index (κ1) is 25.9. The monoisotopic (exact) mass is 516 g/mol. The highest BCUT2D eigenvalue weighted by Gasteiger charge is 2.21. The van der Waals surface area contributed by atoms with Gasteiger partial charge in [-0.25, -0.2) is 9.78 Å². The van der Waals surface area contributed by atoms with E-state index in [-0.39, 0.29) is 6.54 Å². The van der Waals surface area contributed by atoms with Crippen LogP contribution in [-0.2, 0) is 16.0 Å². The quantitative estimate of drug-likeness (QED) is 0.243. The number of aromatic nitrogens is 1. The van der Waals surface area contributed by atoms with Crippen LogP contribution in [0.4, 0.5) is 5.69 Å². The second-order valence-corrected chi connectivity index (χ2v) is 9.57. The molecule has 0 fully saturated rings. The minimum Gasteiger partial charge on any atom is -0.493 e. The van der Waals surface area contributed by atoms with Crippen molar-refractivity contribution in [1.82, 2.24) is 4.98 Å². The summed E-state index contributed by atoms with van der Waals surface area (Å²) in [4.78, 5) is 29.9. The summed E-state index contributed by atoms with van der Waals surface area (Å²) in [6, 6.07) is 24.0. The number of nitrogens with one attached hydrogen (secondary N) is 1. The van der Waals surface area contributed by atoms with Gasteiger partial charge in [-0.05, 0) is 36.8 Å². The number of carbonyl (C=O) groups excluding carboxylic acids is 1. The molecule has 7 nitrogen and oxygen atoms in total. The number of nitrogens with zero attached hydrogens (tertiary/aromatic N) is 1. The first-order valence-electron chi connectivity index (χ1n) is 11.8. The van der Waals surface area contributed by atoms with Gasteiger partial charge in [0.1, 0.15) is 10.8 Å². The Balaban J connectivity index is 1.35. The Kier molecular flexibility index (Phi) is 8.53. The van der Waals surface area contributed by atoms with Crippen LogP contribution in [0.1, 0.15) is 32.4 Å². The number of aliphatic carboxylic acids is 1. The smallest absolute Gasteiger partial charge is 0.339 e. The lowest BCUT2D eigenvalue weighted by Gasteiger charge is -2.17. The lowest BCUT2D eigenvalue weighted by atomic mass is 9.98. The van der Waals surface area contributed by atoms with Gasteiger partial charge in [0.25, 0.3) is 0 Å². The summed E-state index contributed by atoms with van der Waals surface area (Å²) < 4.78 is 10.7. The molecule has 2 N–H and O–H groups in total. The lowest BCUT2D eigenvalue weighted by molar-refractivity contribution is -0.138. The standard InChI is InChI=1S/C29H28N2O5S/c1-19-25(31-27(37-19)21-8-4-3-5-9-21)16-17-36-22-14-12-20(13-15-22)24(28(32)33)18-30-26-11-7-6-10-23(26)29(34)35-2/h3-15,24,30H,16-18H2,1-2H3,(H,32,33). The number of methoxy groups -OCH3 is 1. The number of ether oxygens (including phenoxy) is 2. The van der Waals surface area contributed by atoms with Gasteiger partial charge in [0.15, 0.2) is 0 Å². The third-order valence-electron chi connectivity index (χ3n) is 5.93. The van der Waals surface area contributed by atoms with E-state index >= 15 is 0 Å². The van der Waals surface area contributed by atoms with E-state index < -0.39 is 17.9 Å². The number of para-hydroxylation sites is 1. The predicted octanol–water partition coefficient (Wildman–Crippen LogP) is 5.81. The van der Waals surface area contributed by atoms with Crippen molar-refractivity contribution in [2.45, 2.75) is 19.3 Å². The topological polar surface area (TPSA) is 97.8 Å². The molecule has 4 aromatic rings. The van der Waals surface area contributed by atoms with Crippen molar-refractivity contribution in [2.24, 2.45) is 0 Å². The molecule has 1 atom stereocenters. The number of aryl methyl sites for hydroxylation is 1. The lowest BCUT2D eigenvalue weighted by Crippen LogP contribution is -2.22. The molecule has 190 valence electrons. The van der Waals surface area contributed by atoms with Gasteiger partial charge in [-0.1, -0.05) is 54.6 Å². The van der Waals surface area contributed by atoms with Gasteiger partial charge in [-0.3, -0.25) is 4.79 Å². The number of hydrogen-bond acceptors (Lipinski definition) is 7. The van der Waals surface area contributed by atoms with Crippen LogP contribution in [0, 0.1) is 6.92 Å². The minimum absolute atomic E-state index is 0.108. The summed E-state index contributed by atoms with van der Waals surface area (Å²) in [7, 11) is 1.31. The van der Waals surface area contributed by atoms with Crippen LogP contribution in [0.25, 0.3) is 10.6 Å². The molecule has 0 bridgehead atoms. The Morgan fingerprint density at radius 1 is 1.00 bits per heavy atom. The van der Waals surface area contributed by atoms with Crippen LogP contribution in [0.3, 0.4) is 0 Å². The largest absolute Gasteiger partial charge is 0.493 e. The first-order valence-corrected chi connectivity index (χ1v) is 12.7. The van der Waals surface area contributed by atoms with E-state index in [1.54, 1.807) is 59.9 Å². The highest BCUT2D eigenvalue weighted by molar-refractivity contribution is 7.15. The molecule has 37 heavy (non-hydrogen) atoms. The Morgan fingerprint density at radius 2 is 1.70 bits per heavy atom. The molecule has 0 aliphatic rings. The van der Waals surface area contributed by atoms with Crippen molar-refractivity contribution in [1.29, 1.82) is 0 Å². The van der Waals surface area contributed by atoms with Gasteiger partial charge in [0, 0.05) is 29.1 Å². The maximum atomic E-state index is 12.0. The SMILES string of the molecule is COC(=O)c1ccccc1NCC(C(=O)O)c1ccc(OCCc2nc(-c3ccccc3)sc2C)cc1. The normalized spacial score (nSPS) is 11.5. The molecule has 0 spiro atoms. The average Bonchev–Trinajstić information content (AvgIpc) is 3.30. The Morgan fingerprint density at radius 3 is 2.41 bits per heavy atom. The van der Waals surface area contributed by atoms with Crippen LogP contribution in [-0.4, -0.2) is 42.3 Å². The zero-order chi connectivity index (χ0) is 26.2. The fourth-order valence-corrected chi connectivity index (χ4v) is 4.88. The summed E-state index contributed by atoms with van der Waals surface area (Å²) in [6.07, 6.45) is 0.679. The Bertz CT molecular complexity index is 1350. The fourth-order valence-electron chi connectivity index (χ4n) is 3.91. The summed E-state index contributed by atoms with van der Waals surface area (Å²) in [5.41, 5.74) is 3.63. The van der Waals surface area contributed by atoms with E-state index in [9.17, 15) is 14.7 Å². The fraction of sp³-hybridized carbons (Fsp3) is 0.207.